The van der Waals surface area contributed by atoms with E-state index in [4.69, 9.17) is 4.74 Å². The first-order chi connectivity index (χ1) is 15.1. The van der Waals surface area contributed by atoms with Crippen LogP contribution in [0.25, 0.3) is 0 Å². The molecule has 32 heavy (non-hydrogen) atoms. The van der Waals surface area contributed by atoms with Gasteiger partial charge in [0.1, 0.15) is 17.3 Å². The summed E-state index contributed by atoms with van der Waals surface area (Å²) in [4.78, 5) is 16.6. The third kappa shape index (κ3) is 7.06. The highest BCUT2D eigenvalue weighted by molar-refractivity contribution is 7.89. The Balaban J connectivity index is 1.53. The Kier molecular flexibility index (Phi) is 8.01. The van der Waals surface area contributed by atoms with Crippen molar-refractivity contribution in [1.82, 2.24) is 14.5 Å². The molecule has 8 nitrogen and oxygen atoms in total. The van der Waals surface area contributed by atoms with E-state index in [9.17, 15) is 26.4 Å². The summed E-state index contributed by atoms with van der Waals surface area (Å²) in [7, 11) is -2.42. The van der Waals surface area contributed by atoms with Crippen LogP contribution in [0.2, 0.25) is 0 Å². The first-order valence-electron chi connectivity index (χ1n) is 10.5. The number of hydrogen-bond acceptors (Lipinski definition) is 6. The molecule has 0 radical (unpaired) electrons. The SMILES string of the molecule is COc1ccc(C(=O)N2CCN(CCCOCC(F)(F)F)CC2)cc1S(=O)(=O)NC1CC1. The predicted molar refractivity (Wildman–Crippen MR) is 110 cm³/mol. The molecule has 1 aromatic rings. The minimum absolute atomic E-state index is 0.0245. The number of sulfonamides is 1. The monoisotopic (exact) mass is 479 g/mol. The lowest BCUT2D eigenvalue weighted by Crippen LogP contribution is -2.49. The third-order valence-electron chi connectivity index (χ3n) is 5.29. The quantitative estimate of drug-likeness (QED) is 0.516. The number of rotatable bonds is 10. The number of amides is 1. The van der Waals surface area contributed by atoms with Crippen LogP contribution in [0.3, 0.4) is 0 Å². The van der Waals surface area contributed by atoms with E-state index in [1.165, 1.54) is 19.2 Å². The van der Waals surface area contributed by atoms with Gasteiger partial charge in [-0.1, -0.05) is 0 Å². The fourth-order valence-corrected chi connectivity index (χ4v) is 4.94. The van der Waals surface area contributed by atoms with Gasteiger partial charge in [-0.15, -0.1) is 0 Å². The van der Waals surface area contributed by atoms with Gasteiger partial charge in [-0.25, -0.2) is 13.1 Å². The molecule has 1 heterocycles. The molecule has 0 atom stereocenters. The van der Waals surface area contributed by atoms with Crippen molar-refractivity contribution in [2.75, 3.05) is 53.0 Å². The van der Waals surface area contributed by atoms with E-state index in [0.717, 1.165) is 12.8 Å². The molecule has 1 aromatic carbocycles. The zero-order chi connectivity index (χ0) is 23.4. The molecule has 12 heteroatoms. The maximum atomic E-state index is 12.9. The van der Waals surface area contributed by atoms with Crippen molar-refractivity contribution in [3.05, 3.63) is 23.8 Å². The first-order valence-corrected chi connectivity index (χ1v) is 11.9. The van der Waals surface area contributed by atoms with Gasteiger partial charge in [0.05, 0.1) is 7.11 Å². The lowest BCUT2D eigenvalue weighted by Gasteiger charge is -2.34. The van der Waals surface area contributed by atoms with Crippen molar-refractivity contribution < 1.29 is 35.9 Å². The van der Waals surface area contributed by atoms with Crippen molar-refractivity contribution in [3.63, 3.8) is 0 Å². The summed E-state index contributed by atoms with van der Waals surface area (Å²) in [5.41, 5.74) is 0.260. The van der Waals surface area contributed by atoms with E-state index >= 15 is 0 Å². The van der Waals surface area contributed by atoms with Crippen LogP contribution in [0.5, 0.6) is 5.75 Å². The molecule has 180 valence electrons. The number of carbonyl (C=O) groups excluding carboxylic acids is 1. The summed E-state index contributed by atoms with van der Waals surface area (Å²) in [6.45, 7) is 1.40. The minimum Gasteiger partial charge on any atom is -0.495 e. The third-order valence-corrected chi connectivity index (χ3v) is 6.83. The maximum absolute atomic E-state index is 12.9. The molecule has 1 amide bonds. The van der Waals surface area contributed by atoms with Gasteiger partial charge in [0.25, 0.3) is 5.91 Å². The Hall–Kier alpha value is -1.89. The zero-order valence-electron chi connectivity index (χ0n) is 17.9. The minimum atomic E-state index is -4.32. The molecule has 2 fully saturated rings. The van der Waals surface area contributed by atoms with Gasteiger partial charge >= 0.3 is 6.18 Å². The highest BCUT2D eigenvalue weighted by Crippen LogP contribution is 2.29. The number of carbonyl (C=O) groups is 1. The van der Waals surface area contributed by atoms with Gasteiger partial charge in [-0.05, 0) is 37.5 Å². The molecule has 1 saturated carbocycles. The van der Waals surface area contributed by atoms with Gasteiger partial charge in [0.15, 0.2) is 0 Å². The van der Waals surface area contributed by atoms with Crippen molar-refractivity contribution >= 4 is 15.9 Å². The zero-order valence-corrected chi connectivity index (χ0v) is 18.7. The number of ether oxygens (including phenoxy) is 2. The number of nitrogens with one attached hydrogen (secondary N) is 1. The topological polar surface area (TPSA) is 88.2 Å². The van der Waals surface area contributed by atoms with E-state index in [0.29, 0.717) is 39.1 Å². The van der Waals surface area contributed by atoms with E-state index in [2.05, 4.69) is 14.4 Å². The molecule has 2 aliphatic rings. The highest BCUT2D eigenvalue weighted by atomic mass is 32.2. The summed E-state index contributed by atoms with van der Waals surface area (Å²) in [5, 5.41) is 0. The second-order valence-corrected chi connectivity index (χ2v) is 9.60. The fraction of sp³-hybridized carbons (Fsp3) is 0.650. The fourth-order valence-electron chi connectivity index (χ4n) is 3.44. The van der Waals surface area contributed by atoms with E-state index in [1.807, 2.05) is 0 Å². The average molecular weight is 480 g/mol. The van der Waals surface area contributed by atoms with Crippen molar-refractivity contribution in [2.45, 2.75) is 36.4 Å². The van der Waals surface area contributed by atoms with E-state index < -0.39 is 22.8 Å². The lowest BCUT2D eigenvalue weighted by atomic mass is 10.1. The van der Waals surface area contributed by atoms with Crippen LogP contribution >= 0.6 is 0 Å². The average Bonchev–Trinajstić information content (AvgIpc) is 3.55. The van der Waals surface area contributed by atoms with Crippen LogP contribution in [0, 0.1) is 0 Å². The van der Waals surface area contributed by atoms with Crippen LogP contribution in [0.4, 0.5) is 13.2 Å². The molecule has 0 aromatic heterocycles. The number of alkyl halides is 3. The molecule has 1 saturated heterocycles. The second-order valence-electron chi connectivity index (χ2n) is 7.92. The molecule has 3 rings (SSSR count). The highest BCUT2D eigenvalue weighted by Gasteiger charge is 2.31. The first kappa shape index (κ1) is 24.7. The Bertz CT molecular complexity index is 898. The van der Waals surface area contributed by atoms with Gasteiger partial charge in [-0.2, -0.15) is 13.2 Å². The normalized spacial score (nSPS) is 18.1. The number of nitrogens with zero attached hydrogens (tertiary/aromatic N) is 2. The lowest BCUT2D eigenvalue weighted by molar-refractivity contribution is -0.174. The van der Waals surface area contributed by atoms with Crippen LogP contribution in [0.1, 0.15) is 29.6 Å². The summed E-state index contributed by atoms with van der Waals surface area (Å²) in [5.74, 6) is -0.101. The maximum Gasteiger partial charge on any atom is 0.411 e. The van der Waals surface area contributed by atoms with Gasteiger partial charge < -0.3 is 14.4 Å². The predicted octanol–water partition coefficient (Wildman–Crippen LogP) is 1.86. The molecular weight excluding hydrogens is 451 g/mol. The van der Waals surface area contributed by atoms with E-state index in [-0.39, 0.29) is 34.8 Å². The Labute approximate surface area is 185 Å². The Morgan fingerprint density at radius 3 is 2.47 bits per heavy atom. The van der Waals surface area contributed by atoms with Gasteiger partial charge in [-0.3, -0.25) is 9.69 Å². The standard InChI is InChI=1S/C20H28F3N3O5S/c1-30-17-6-3-15(13-18(17)32(28,29)24-16-4-5-16)19(27)26-10-8-25(9-11-26)7-2-12-31-14-20(21,22)23/h3,6,13,16,24H,2,4-5,7-12,14H2,1H3. The van der Waals surface area contributed by atoms with E-state index in [1.54, 1.807) is 11.0 Å². The largest absolute Gasteiger partial charge is 0.495 e. The van der Waals surface area contributed by atoms with Gasteiger partial charge in [0, 0.05) is 50.9 Å². The number of hydrogen-bond donors (Lipinski definition) is 1. The van der Waals surface area contributed by atoms with Crippen molar-refractivity contribution in [2.24, 2.45) is 0 Å². The molecule has 0 bridgehead atoms. The molecular formula is C20H28F3N3O5S. The molecule has 1 N–H and O–H groups in total. The summed E-state index contributed by atoms with van der Waals surface area (Å²) < 4.78 is 73.9. The van der Waals surface area contributed by atoms with Crippen LogP contribution in [-0.2, 0) is 14.8 Å². The molecule has 1 aliphatic heterocycles. The Morgan fingerprint density at radius 1 is 1.19 bits per heavy atom. The van der Waals surface area contributed by atoms with Crippen LogP contribution < -0.4 is 9.46 Å². The molecule has 0 unspecified atom stereocenters. The summed E-state index contributed by atoms with van der Waals surface area (Å²) >= 11 is 0. The number of benzene rings is 1. The number of piperazine rings is 1. The van der Waals surface area contributed by atoms with Crippen LogP contribution in [-0.4, -0.2) is 89.4 Å². The van der Waals surface area contributed by atoms with Crippen LogP contribution in [0.15, 0.2) is 23.1 Å². The van der Waals surface area contributed by atoms with Crippen molar-refractivity contribution in [1.29, 1.82) is 0 Å². The second kappa shape index (κ2) is 10.4. The smallest absolute Gasteiger partial charge is 0.411 e. The molecule has 1 aliphatic carbocycles. The summed E-state index contributed by atoms with van der Waals surface area (Å²) in [6, 6.07) is 4.29. The number of halogens is 3. The van der Waals surface area contributed by atoms with Gasteiger partial charge in [0.2, 0.25) is 10.0 Å². The summed E-state index contributed by atoms with van der Waals surface area (Å²) in [6.07, 6.45) is -2.27. The Morgan fingerprint density at radius 2 is 1.88 bits per heavy atom. The molecule has 0 spiro atoms. The van der Waals surface area contributed by atoms with Crippen molar-refractivity contribution in [3.8, 4) is 5.75 Å². The number of methoxy groups -OCH3 is 1.